The third kappa shape index (κ3) is 3.00. The van der Waals surface area contributed by atoms with Crippen LogP contribution in [0.5, 0.6) is 11.6 Å². The number of hydrogen-bond donors (Lipinski definition) is 2. The zero-order valence-electron chi connectivity index (χ0n) is 9.84. The molecule has 1 aromatic heterocycles. The summed E-state index contributed by atoms with van der Waals surface area (Å²) in [5, 5.41) is 9.00. The Bertz CT molecular complexity index is 510. The van der Waals surface area contributed by atoms with Gasteiger partial charge < -0.3 is 9.47 Å². The van der Waals surface area contributed by atoms with Crippen molar-refractivity contribution < 1.29 is 14.3 Å². The first-order valence-electron chi connectivity index (χ1n) is 5.49. The van der Waals surface area contributed by atoms with E-state index in [9.17, 15) is 4.79 Å². The summed E-state index contributed by atoms with van der Waals surface area (Å²) in [5.74, 6) is 1.00. The summed E-state index contributed by atoms with van der Waals surface area (Å²) in [7, 11) is 0. The number of para-hydroxylation sites is 1. The second kappa shape index (κ2) is 5.72. The maximum atomic E-state index is 11.3. The smallest absolute Gasteiger partial charge is 0.411 e. The van der Waals surface area contributed by atoms with E-state index in [-0.39, 0.29) is 0 Å². The monoisotopic (exact) mass is 247 g/mol. The number of rotatable bonds is 4. The maximum Gasteiger partial charge on any atom is 0.411 e. The van der Waals surface area contributed by atoms with E-state index in [1.165, 1.54) is 6.20 Å². The van der Waals surface area contributed by atoms with Crippen LogP contribution in [0.2, 0.25) is 0 Å². The highest BCUT2D eigenvalue weighted by molar-refractivity contribution is 5.86. The molecule has 6 nitrogen and oxygen atoms in total. The van der Waals surface area contributed by atoms with Crippen molar-refractivity contribution in [3.8, 4) is 11.6 Å². The van der Waals surface area contributed by atoms with Gasteiger partial charge in [-0.1, -0.05) is 18.2 Å². The summed E-state index contributed by atoms with van der Waals surface area (Å²) in [6, 6.07) is 9.19. The van der Waals surface area contributed by atoms with E-state index >= 15 is 0 Å². The van der Waals surface area contributed by atoms with Crippen LogP contribution in [-0.2, 0) is 4.74 Å². The topological polar surface area (TPSA) is 76.2 Å². The van der Waals surface area contributed by atoms with Gasteiger partial charge in [-0.05, 0) is 19.1 Å². The molecule has 1 amide bonds. The highest BCUT2D eigenvalue weighted by Crippen LogP contribution is 2.26. The van der Waals surface area contributed by atoms with Gasteiger partial charge in [-0.25, -0.2) is 9.89 Å². The predicted octanol–water partition coefficient (Wildman–Crippen LogP) is 2.77. The molecule has 0 saturated carbocycles. The van der Waals surface area contributed by atoms with Gasteiger partial charge in [-0.2, -0.15) is 5.10 Å². The summed E-state index contributed by atoms with van der Waals surface area (Å²) >= 11 is 0. The van der Waals surface area contributed by atoms with Crippen LogP contribution in [-0.4, -0.2) is 22.9 Å². The van der Waals surface area contributed by atoms with Crippen LogP contribution >= 0.6 is 0 Å². The molecule has 1 aromatic carbocycles. The molecule has 0 radical (unpaired) electrons. The number of carbonyl (C=O) groups is 1. The van der Waals surface area contributed by atoms with Gasteiger partial charge >= 0.3 is 6.09 Å². The molecule has 94 valence electrons. The molecule has 2 N–H and O–H groups in total. The maximum absolute atomic E-state index is 11.3. The van der Waals surface area contributed by atoms with E-state index in [0.717, 1.165) is 0 Å². The molecule has 2 aromatic rings. The minimum absolute atomic E-state index is 0.304. The molecule has 0 aliphatic carbocycles. The minimum atomic E-state index is -0.545. The van der Waals surface area contributed by atoms with Gasteiger partial charge in [0, 0.05) is 0 Å². The first kappa shape index (κ1) is 12.0. The fourth-order valence-electron chi connectivity index (χ4n) is 1.32. The number of H-pyrrole nitrogens is 1. The van der Waals surface area contributed by atoms with Crippen molar-refractivity contribution in [2.45, 2.75) is 6.92 Å². The minimum Gasteiger partial charge on any atom is -0.450 e. The summed E-state index contributed by atoms with van der Waals surface area (Å²) in [6.07, 6.45) is 0.909. The van der Waals surface area contributed by atoms with Gasteiger partial charge in [0.25, 0.3) is 0 Å². The average molecular weight is 247 g/mol. The third-order valence-corrected chi connectivity index (χ3v) is 2.08. The number of aromatic amines is 1. The summed E-state index contributed by atoms with van der Waals surface area (Å²) in [5.41, 5.74) is 0.428. The fraction of sp³-hybridized carbons (Fsp3) is 0.167. The Hall–Kier alpha value is -2.50. The van der Waals surface area contributed by atoms with Gasteiger partial charge in [0.05, 0.1) is 12.8 Å². The molecule has 1 heterocycles. The summed E-state index contributed by atoms with van der Waals surface area (Å²) < 4.78 is 10.3. The molecule has 18 heavy (non-hydrogen) atoms. The number of benzene rings is 1. The molecule has 0 aliphatic rings. The molecular weight excluding hydrogens is 234 g/mol. The highest BCUT2D eigenvalue weighted by Gasteiger charge is 2.11. The Labute approximate surface area is 104 Å². The second-order valence-electron chi connectivity index (χ2n) is 3.37. The Balaban J connectivity index is 2.06. The van der Waals surface area contributed by atoms with E-state index in [0.29, 0.717) is 23.9 Å². The highest BCUT2D eigenvalue weighted by atomic mass is 16.5. The lowest BCUT2D eigenvalue weighted by Gasteiger charge is -2.06. The van der Waals surface area contributed by atoms with E-state index in [4.69, 9.17) is 9.47 Å². The molecule has 0 aliphatic heterocycles. The van der Waals surface area contributed by atoms with Gasteiger partial charge in [0.15, 0.2) is 0 Å². The second-order valence-corrected chi connectivity index (χ2v) is 3.37. The van der Waals surface area contributed by atoms with Gasteiger partial charge in [0.2, 0.25) is 5.88 Å². The van der Waals surface area contributed by atoms with Crippen molar-refractivity contribution >= 4 is 11.8 Å². The molecular formula is C12H13N3O3. The largest absolute Gasteiger partial charge is 0.450 e. The number of hydrogen-bond acceptors (Lipinski definition) is 4. The molecule has 0 fully saturated rings. The fourth-order valence-corrected chi connectivity index (χ4v) is 1.32. The van der Waals surface area contributed by atoms with Crippen molar-refractivity contribution in [2.75, 3.05) is 11.9 Å². The molecule has 6 heteroatoms. The average Bonchev–Trinajstić information content (AvgIpc) is 2.78. The summed E-state index contributed by atoms with van der Waals surface area (Å²) in [6.45, 7) is 2.04. The first-order valence-corrected chi connectivity index (χ1v) is 5.49. The predicted molar refractivity (Wildman–Crippen MR) is 65.7 cm³/mol. The first-order chi connectivity index (χ1) is 8.79. The third-order valence-electron chi connectivity index (χ3n) is 2.08. The number of aromatic nitrogens is 2. The van der Waals surface area contributed by atoms with Crippen LogP contribution in [0.15, 0.2) is 36.5 Å². The quantitative estimate of drug-likeness (QED) is 0.870. The number of carbonyl (C=O) groups excluding carboxylic acids is 1. The lowest BCUT2D eigenvalue weighted by atomic mass is 10.3. The zero-order chi connectivity index (χ0) is 12.8. The molecule has 0 atom stereocenters. The Kier molecular flexibility index (Phi) is 3.80. The van der Waals surface area contributed by atoms with Crippen molar-refractivity contribution in [1.82, 2.24) is 10.2 Å². The van der Waals surface area contributed by atoms with Crippen LogP contribution in [0.25, 0.3) is 0 Å². The Morgan fingerprint density at radius 1 is 1.39 bits per heavy atom. The lowest BCUT2D eigenvalue weighted by Crippen LogP contribution is -2.13. The Morgan fingerprint density at radius 2 is 2.17 bits per heavy atom. The van der Waals surface area contributed by atoms with E-state index < -0.39 is 6.09 Å². The van der Waals surface area contributed by atoms with Crippen molar-refractivity contribution in [2.24, 2.45) is 0 Å². The van der Waals surface area contributed by atoms with Crippen LogP contribution in [0, 0.1) is 0 Å². The number of anilines is 1. The number of nitrogens with zero attached hydrogens (tertiary/aromatic N) is 1. The van der Waals surface area contributed by atoms with Crippen LogP contribution in [0.3, 0.4) is 0 Å². The van der Waals surface area contributed by atoms with E-state index in [2.05, 4.69) is 15.5 Å². The number of ether oxygens (including phenoxy) is 2. The van der Waals surface area contributed by atoms with E-state index in [1.807, 2.05) is 18.2 Å². The van der Waals surface area contributed by atoms with Crippen molar-refractivity contribution in [3.05, 3.63) is 36.5 Å². The molecule has 2 rings (SSSR count). The number of amides is 1. The normalized spacial score (nSPS) is 9.83. The van der Waals surface area contributed by atoms with Crippen molar-refractivity contribution in [3.63, 3.8) is 0 Å². The number of nitrogens with one attached hydrogen (secondary N) is 2. The van der Waals surface area contributed by atoms with Crippen LogP contribution in [0.4, 0.5) is 10.5 Å². The molecule has 0 unspecified atom stereocenters. The van der Waals surface area contributed by atoms with E-state index in [1.54, 1.807) is 19.1 Å². The van der Waals surface area contributed by atoms with Crippen molar-refractivity contribution in [1.29, 1.82) is 0 Å². The standard InChI is InChI=1S/C12H13N3O3/c1-2-17-12(16)14-10-8-13-15-11(10)18-9-6-4-3-5-7-9/h3-8H,2H2,1H3,(H,13,15)(H,14,16). The Morgan fingerprint density at radius 3 is 2.89 bits per heavy atom. The summed E-state index contributed by atoms with van der Waals surface area (Å²) in [4.78, 5) is 11.3. The molecule has 0 bridgehead atoms. The molecule has 0 saturated heterocycles. The lowest BCUT2D eigenvalue weighted by molar-refractivity contribution is 0.168. The van der Waals surface area contributed by atoms with Gasteiger partial charge in [0.1, 0.15) is 11.4 Å². The van der Waals surface area contributed by atoms with Crippen LogP contribution < -0.4 is 10.1 Å². The van der Waals surface area contributed by atoms with Gasteiger partial charge in [-0.15, -0.1) is 0 Å². The SMILES string of the molecule is CCOC(=O)Nc1cn[nH]c1Oc1ccccc1. The zero-order valence-corrected chi connectivity index (χ0v) is 9.84. The molecule has 0 spiro atoms. The van der Waals surface area contributed by atoms with Crippen LogP contribution in [0.1, 0.15) is 6.92 Å². The van der Waals surface area contributed by atoms with Gasteiger partial charge in [-0.3, -0.25) is 5.32 Å².